The number of piperidine rings is 1. The maximum absolute atomic E-state index is 14.1. The molecule has 1 unspecified atom stereocenters. The van der Waals surface area contributed by atoms with Gasteiger partial charge in [0, 0.05) is 51.5 Å². The number of nitrogens with zero attached hydrogens (tertiary/aromatic N) is 2. The Morgan fingerprint density at radius 3 is 2.49 bits per heavy atom. The van der Waals surface area contributed by atoms with E-state index in [1.54, 1.807) is 17.3 Å². The molecule has 3 aromatic carbocycles. The molecule has 3 atom stereocenters. The average molecular weight is 745 g/mol. The van der Waals surface area contributed by atoms with Crippen LogP contribution in [0.15, 0.2) is 97.3 Å². The van der Waals surface area contributed by atoms with Crippen LogP contribution in [0.2, 0.25) is 0 Å². The zero-order valence-corrected chi connectivity index (χ0v) is 31.6. The van der Waals surface area contributed by atoms with E-state index in [-0.39, 0.29) is 43.0 Å². The summed E-state index contributed by atoms with van der Waals surface area (Å²) in [5.41, 5.74) is 6.23. The molecule has 0 aliphatic carbocycles. The van der Waals surface area contributed by atoms with Crippen molar-refractivity contribution in [1.29, 1.82) is 0 Å². The number of amides is 4. The molecule has 6 rings (SSSR count). The van der Waals surface area contributed by atoms with Crippen LogP contribution in [0, 0.1) is 12.8 Å². The highest BCUT2D eigenvalue weighted by atomic mass is 16.5. The van der Waals surface area contributed by atoms with Crippen molar-refractivity contribution in [2.45, 2.75) is 77.0 Å². The van der Waals surface area contributed by atoms with Gasteiger partial charge in [-0.25, -0.2) is 0 Å². The summed E-state index contributed by atoms with van der Waals surface area (Å²) in [6, 6.07) is 25.7. The molecular formula is C44H52N6O5. The van der Waals surface area contributed by atoms with E-state index in [4.69, 9.17) is 4.74 Å². The van der Waals surface area contributed by atoms with Crippen LogP contribution in [0.4, 0.5) is 0 Å². The summed E-state index contributed by atoms with van der Waals surface area (Å²) in [6.07, 6.45) is 6.95. The second kappa shape index (κ2) is 19.7. The van der Waals surface area contributed by atoms with E-state index < -0.39 is 18.0 Å². The number of fused-ring (bicyclic) bond motifs is 4. The summed E-state index contributed by atoms with van der Waals surface area (Å²) in [7, 11) is 0. The number of carbonyl (C=O) groups excluding carboxylic acids is 4. The van der Waals surface area contributed by atoms with Crippen molar-refractivity contribution in [2.24, 2.45) is 5.92 Å². The van der Waals surface area contributed by atoms with E-state index in [9.17, 15) is 19.2 Å². The zero-order valence-electron chi connectivity index (χ0n) is 31.6. The molecule has 1 saturated heterocycles. The molecule has 1 aromatic heterocycles. The van der Waals surface area contributed by atoms with Crippen molar-refractivity contribution >= 4 is 23.6 Å². The molecule has 1 fully saturated rings. The van der Waals surface area contributed by atoms with Crippen molar-refractivity contribution < 1.29 is 23.9 Å². The number of carbonyl (C=O) groups is 4. The van der Waals surface area contributed by atoms with Gasteiger partial charge in [-0.15, -0.1) is 0 Å². The molecule has 55 heavy (non-hydrogen) atoms. The lowest BCUT2D eigenvalue weighted by Gasteiger charge is -2.34. The van der Waals surface area contributed by atoms with Crippen LogP contribution >= 0.6 is 0 Å². The number of nitrogens with one attached hydrogen (secondary N) is 4. The van der Waals surface area contributed by atoms with Crippen LogP contribution in [0.3, 0.4) is 0 Å². The van der Waals surface area contributed by atoms with Crippen LogP contribution in [-0.2, 0) is 38.7 Å². The standard InChI is InChI=1S/C44H52N6O5/c1-31-9-15-38-26-37(31)29-47-43(53)39(16-12-32-6-3-2-4-7-32)49-44(54)40(27-42(52)50-24-5-8-34(30-50)20-25-55-38)48-41(51)19-23-46-28-33-10-13-35(14-11-33)36-17-21-45-22-18-36/h2-4,6-7,9-11,13-15,17-18,21-22,26,34,39-40,46H,5,8,12,16,19-20,23-25,27-30H2,1H3,(H,47,53)(H,48,51)(H,49,54)/t34?,39-,40-/m0/s1. The van der Waals surface area contributed by atoms with Crippen molar-refractivity contribution in [3.8, 4) is 16.9 Å². The molecular weight excluding hydrogens is 693 g/mol. The molecule has 2 aliphatic rings. The summed E-state index contributed by atoms with van der Waals surface area (Å²) >= 11 is 0. The zero-order chi connectivity index (χ0) is 38.4. The predicted molar refractivity (Wildman–Crippen MR) is 212 cm³/mol. The van der Waals surface area contributed by atoms with Gasteiger partial charge < -0.3 is 30.9 Å². The molecule has 4 bridgehead atoms. The highest BCUT2D eigenvalue weighted by Gasteiger charge is 2.32. The number of aryl methyl sites for hydroxylation is 2. The Labute approximate surface area is 323 Å². The summed E-state index contributed by atoms with van der Waals surface area (Å²) in [5.74, 6) is -0.456. The van der Waals surface area contributed by atoms with Gasteiger partial charge in [-0.05, 0) is 103 Å². The lowest BCUT2D eigenvalue weighted by atomic mass is 9.94. The van der Waals surface area contributed by atoms with Crippen molar-refractivity contribution in [1.82, 2.24) is 31.2 Å². The van der Waals surface area contributed by atoms with Crippen LogP contribution < -0.4 is 26.0 Å². The number of hydrogen-bond donors (Lipinski definition) is 4. The molecule has 4 amide bonds. The van der Waals surface area contributed by atoms with Gasteiger partial charge in [0.1, 0.15) is 17.8 Å². The Morgan fingerprint density at radius 1 is 0.909 bits per heavy atom. The number of aromatic nitrogens is 1. The van der Waals surface area contributed by atoms with E-state index >= 15 is 0 Å². The summed E-state index contributed by atoms with van der Waals surface area (Å²) in [4.78, 5) is 60.8. The third-order valence-corrected chi connectivity index (χ3v) is 10.5. The van der Waals surface area contributed by atoms with E-state index in [1.165, 1.54) is 0 Å². The second-order valence-electron chi connectivity index (χ2n) is 14.6. The molecule has 2 aliphatic heterocycles. The Kier molecular flexibility index (Phi) is 14.0. The predicted octanol–water partition coefficient (Wildman–Crippen LogP) is 4.87. The maximum atomic E-state index is 14.1. The normalized spacial score (nSPS) is 19.6. The highest BCUT2D eigenvalue weighted by Crippen LogP contribution is 2.23. The maximum Gasteiger partial charge on any atom is 0.243 e. The van der Waals surface area contributed by atoms with E-state index in [0.717, 1.165) is 58.4 Å². The Bertz CT molecular complexity index is 1890. The van der Waals surface area contributed by atoms with Gasteiger partial charge in [0.05, 0.1) is 13.0 Å². The molecule has 4 aromatic rings. The molecule has 11 heteroatoms. The van der Waals surface area contributed by atoms with Crippen LogP contribution in [0.25, 0.3) is 11.1 Å². The first-order chi connectivity index (χ1) is 26.8. The fourth-order valence-corrected chi connectivity index (χ4v) is 7.17. The minimum atomic E-state index is -1.14. The van der Waals surface area contributed by atoms with E-state index in [1.807, 2.05) is 79.7 Å². The molecule has 11 nitrogen and oxygen atoms in total. The first-order valence-corrected chi connectivity index (χ1v) is 19.4. The molecule has 4 N–H and O–H groups in total. The monoisotopic (exact) mass is 744 g/mol. The second-order valence-corrected chi connectivity index (χ2v) is 14.6. The minimum Gasteiger partial charge on any atom is -0.494 e. The average Bonchev–Trinajstić information content (AvgIpc) is 3.21. The summed E-state index contributed by atoms with van der Waals surface area (Å²) in [6.45, 7) is 4.86. The van der Waals surface area contributed by atoms with Gasteiger partial charge in [-0.1, -0.05) is 60.7 Å². The molecule has 0 saturated carbocycles. The molecule has 288 valence electrons. The van der Waals surface area contributed by atoms with Crippen LogP contribution in [-0.4, -0.2) is 71.8 Å². The highest BCUT2D eigenvalue weighted by molar-refractivity contribution is 5.95. The number of pyridine rings is 1. The van der Waals surface area contributed by atoms with Gasteiger partial charge in [0.2, 0.25) is 23.6 Å². The number of rotatable bonds is 10. The Morgan fingerprint density at radius 2 is 1.69 bits per heavy atom. The largest absolute Gasteiger partial charge is 0.494 e. The molecule has 0 spiro atoms. The summed E-state index contributed by atoms with van der Waals surface area (Å²) < 4.78 is 6.13. The summed E-state index contributed by atoms with van der Waals surface area (Å²) in [5, 5.41) is 12.1. The van der Waals surface area contributed by atoms with Crippen LogP contribution in [0.5, 0.6) is 5.75 Å². The van der Waals surface area contributed by atoms with Crippen molar-refractivity contribution in [3.05, 3.63) is 120 Å². The van der Waals surface area contributed by atoms with E-state index in [2.05, 4.69) is 38.4 Å². The molecule has 3 heterocycles. The topological polar surface area (TPSA) is 142 Å². The van der Waals surface area contributed by atoms with Crippen LogP contribution in [0.1, 0.15) is 60.8 Å². The van der Waals surface area contributed by atoms with Gasteiger partial charge in [-0.2, -0.15) is 0 Å². The smallest absolute Gasteiger partial charge is 0.243 e. The lowest BCUT2D eigenvalue weighted by Crippen LogP contribution is -2.55. The fraction of sp³-hybridized carbons (Fsp3) is 0.386. The third kappa shape index (κ3) is 11.7. The Balaban J connectivity index is 1.13. The van der Waals surface area contributed by atoms with Crippen molar-refractivity contribution in [3.63, 3.8) is 0 Å². The van der Waals surface area contributed by atoms with Gasteiger partial charge in [-0.3, -0.25) is 24.2 Å². The third-order valence-electron chi connectivity index (χ3n) is 10.5. The van der Waals surface area contributed by atoms with Gasteiger partial charge in [0.25, 0.3) is 0 Å². The number of hydrogen-bond acceptors (Lipinski definition) is 7. The van der Waals surface area contributed by atoms with Gasteiger partial charge >= 0.3 is 0 Å². The number of benzene rings is 3. The van der Waals surface area contributed by atoms with Crippen molar-refractivity contribution in [2.75, 3.05) is 26.2 Å². The van der Waals surface area contributed by atoms with E-state index in [0.29, 0.717) is 45.6 Å². The van der Waals surface area contributed by atoms with Gasteiger partial charge in [0.15, 0.2) is 0 Å². The SMILES string of the molecule is Cc1ccc2cc1CNC(=O)[C@H](CCc1ccccc1)NC(=O)[C@@H](NC(=O)CCNCc1ccc(-c3ccncc3)cc1)CC(=O)N1CCCC(CCO2)C1. The molecule has 0 radical (unpaired) electrons. The minimum absolute atomic E-state index is 0.106. The quantitative estimate of drug-likeness (QED) is 0.170. The first kappa shape index (κ1) is 39.2. The first-order valence-electron chi connectivity index (χ1n) is 19.4. The fourth-order valence-electron chi connectivity index (χ4n) is 7.17. The Hall–Kier alpha value is -5.55. The number of ether oxygens (including phenoxy) is 1. The lowest BCUT2D eigenvalue weighted by molar-refractivity contribution is -0.138.